The number of allylic oxidation sites excluding steroid dienone is 2. The van der Waals surface area contributed by atoms with Crippen LogP contribution in [0.25, 0.3) is 5.57 Å². The molecule has 0 spiro atoms. The van der Waals surface area contributed by atoms with Crippen LogP contribution in [-0.4, -0.2) is 45.1 Å². The number of nitrogens with zero attached hydrogens (tertiary/aromatic N) is 2. The molecular weight excluding hydrogens is 357 g/mol. The van der Waals surface area contributed by atoms with Crippen LogP contribution in [0.1, 0.15) is 31.2 Å². The summed E-state index contributed by atoms with van der Waals surface area (Å²) in [5.74, 6) is 0.797. The molecule has 4 aliphatic rings. The van der Waals surface area contributed by atoms with Crippen molar-refractivity contribution in [3.8, 4) is 5.75 Å². The van der Waals surface area contributed by atoms with Crippen molar-refractivity contribution in [2.45, 2.75) is 37.8 Å². The Morgan fingerprint density at radius 3 is 2.79 bits per heavy atom. The second-order valence-corrected chi connectivity index (χ2v) is 8.32. The van der Waals surface area contributed by atoms with Crippen LogP contribution in [-0.2, 0) is 4.79 Å². The number of methoxy groups -OCH3 is 1. The van der Waals surface area contributed by atoms with E-state index >= 15 is 4.39 Å². The molecule has 0 unspecified atom stereocenters. The fourth-order valence-corrected chi connectivity index (χ4v) is 5.00. The Hall–Kier alpha value is -2.34. The van der Waals surface area contributed by atoms with Gasteiger partial charge in [-0.15, -0.1) is 0 Å². The largest absolute Gasteiger partial charge is 0.492 e. The van der Waals surface area contributed by atoms with Gasteiger partial charge in [0.05, 0.1) is 12.8 Å². The van der Waals surface area contributed by atoms with E-state index in [1.807, 2.05) is 6.20 Å². The van der Waals surface area contributed by atoms with Crippen molar-refractivity contribution in [3.05, 3.63) is 35.8 Å². The smallest absolute Gasteiger partial charge is 0.169 e. The number of carbonyl (C=O) groups excluding carboxylic acids is 1. The summed E-state index contributed by atoms with van der Waals surface area (Å²) in [6, 6.07) is 2.28. The number of halogens is 1. The number of nitrogens with one attached hydrogen (secondary N) is 1. The van der Waals surface area contributed by atoms with E-state index in [2.05, 4.69) is 21.7 Å². The molecule has 28 heavy (non-hydrogen) atoms. The number of piperidine rings is 1. The molecule has 1 saturated carbocycles. The number of aldehydes is 1. The van der Waals surface area contributed by atoms with E-state index in [-0.39, 0.29) is 5.82 Å². The first-order chi connectivity index (χ1) is 13.6. The Morgan fingerprint density at radius 2 is 2.11 bits per heavy atom. The molecule has 0 amide bonds. The average molecular weight is 383 g/mol. The Kier molecular flexibility index (Phi) is 4.19. The minimum Gasteiger partial charge on any atom is -0.492 e. The third kappa shape index (κ3) is 2.65. The highest BCUT2D eigenvalue weighted by Gasteiger charge is 2.40. The predicted molar refractivity (Wildman–Crippen MR) is 108 cm³/mol. The lowest BCUT2D eigenvalue weighted by Gasteiger charge is -2.33. The maximum absolute atomic E-state index is 15.4. The van der Waals surface area contributed by atoms with Crippen LogP contribution in [0.4, 0.5) is 15.8 Å². The van der Waals surface area contributed by atoms with Crippen LogP contribution in [0, 0.1) is 11.7 Å². The van der Waals surface area contributed by atoms with Gasteiger partial charge in [-0.1, -0.05) is 6.58 Å². The molecule has 1 aliphatic carbocycles. The molecule has 2 atom stereocenters. The number of anilines is 2. The van der Waals surface area contributed by atoms with E-state index in [0.717, 1.165) is 44.4 Å². The van der Waals surface area contributed by atoms with Gasteiger partial charge in [0.2, 0.25) is 0 Å². The van der Waals surface area contributed by atoms with Gasteiger partial charge in [-0.3, -0.25) is 4.79 Å². The van der Waals surface area contributed by atoms with E-state index in [1.165, 1.54) is 18.9 Å². The van der Waals surface area contributed by atoms with Crippen molar-refractivity contribution in [3.63, 3.8) is 0 Å². The summed E-state index contributed by atoms with van der Waals surface area (Å²) < 4.78 is 21.2. The quantitative estimate of drug-likeness (QED) is 0.810. The van der Waals surface area contributed by atoms with Crippen LogP contribution in [0.15, 0.2) is 24.4 Å². The molecule has 0 bridgehead atoms. The number of fused-ring (bicyclic) bond motifs is 2. The molecule has 3 heterocycles. The van der Waals surface area contributed by atoms with Crippen molar-refractivity contribution in [2.24, 2.45) is 5.92 Å². The van der Waals surface area contributed by atoms with E-state index in [1.54, 1.807) is 7.11 Å². The summed E-state index contributed by atoms with van der Waals surface area (Å²) in [7, 11) is 1.60. The molecule has 3 fully saturated rings. The predicted octanol–water partition coefficient (Wildman–Crippen LogP) is 3.10. The van der Waals surface area contributed by atoms with E-state index in [9.17, 15) is 4.79 Å². The highest BCUT2D eigenvalue weighted by molar-refractivity contribution is 6.05. The standard InChI is InChI=1S/C22H26FN3O2/c1-13-15(12-27)10-26(16-5-6-16)20-17(13)8-18(23)21(22(20)28-2)25-9-14-4-3-7-24-19(14)11-25/h8,10,12,14,16,19,24H,1,3-7,9,11H2,2H3/t14-,19+/m0/s1. The Morgan fingerprint density at radius 1 is 1.29 bits per heavy atom. The number of hydrogen-bond acceptors (Lipinski definition) is 5. The van der Waals surface area contributed by atoms with Gasteiger partial charge < -0.3 is 19.9 Å². The zero-order valence-corrected chi connectivity index (χ0v) is 16.2. The van der Waals surface area contributed by atoms with Crippen molar-refractivity contribution in [1.82, 2.24) is 5.32 Å². The van der Waals surface area contributed by atoms with Crippen molar-refractivity contribution >= 4 is 23.2 Å². The van der Waals surface area contributed by atoms with E-state index in [0.29, 0.717) is 46.1 Å². The number of benzene rings is 1. The molecule has 1 aromatic rings. The second kappa shape index (κ2) is 6.62. The van der Waals surface area contributed by atoms with Gasteiger partial charge >= 0.3 is 0 Å². The minimum absolute atomic E-state index is 0.307. The molecule has 1 N–H and O–H groups in total. The number of carbonyl (C=O) groups is 1. The van der Waals surface area contributed by atoms with Gasteiger partial charge in [0.25, 0.3) is 0 Å². The molecule has 0 aromatic heterocycles. The van der Waals surface area contributed by atoms with Crippen LogP contribution >= 0.6 is 0 Å². The zero-order valence-electron chi connectivity index (χ0n) is 16.2. The Balaban J connectivity index is 1.62. The monoisotopic (exact) mass is 383 g/mol. The highest BCUT2D eigenvalue weighted by atomic mass is 19.1. The molecule has 3 aliphatic heterocycles. The molecule has 148 valence electrons. The molecule has 1 aromatic carbocycles. The summed E-state index contributed by atoms with van der Waals surface area (Å²) in [6.07, 6.45) is 7.12. The Bertz CT molecular complexity index is 863. The van der Waals surface area contributed by atoms with Crippen LogP contribution in [0.2, 0.25) is 0 Å². The van der Waals surface area contributed by atoms with Crippen LogP contribution in [0.5, 0.6) is 5.75 Å². The Labute approximate surface area is 164 Å². The third-order valence-corrected chi connectivity index (χ3v) is 6.58. The molecule has 5 nitrogen and oxygen atoms in total. The number of hydrogen-bond donors (Lipinski definition) is 1. The second-order valence-electron chi connectivity index (χ2n) is 8.32. The van der Waals surface area contributed by atoms with E-state index in [4.69, 9.17) is 4.74 Å². The SMILES string of the molecule is C=C1C(C=O)=CN(C2CC2)c2c1cc(F)c(N1C[C@@H]3CCCN[C@@H]3C1)c2OC. The summed E-state index contributed by atoms with van der Waals surface area (Å²) >= 11 is 0. The normalized spacial score (nSPS) is 26.6. The number of rotatable bonds is 4. The molecule has 2 saturated heterocycles. The lowest BCUT2D eigenvalue weighted by molar-refractivity contribution is -0.104. The third-order valence-electron chi connectivity index (χ3n) is 6.58. The van der Waals surface area contributed by atoms with Gasteiger partial charge in [0, 0.05) is 42.5 Å². The molecule has 0 radical (unpaired) electrons. The maximum atomic E-state index is 15.4. The lowest BCUT2D eigenvalue weighted by atomic mass is 9.93. The first-order valence-electron chi connectivity index (χ1n) is 10.2. The first-order valence-corrected chi connectivity index (χ1v) is 10.2. The molecule has 6 heteroatoms. The lowest BCUT2D eigenvalue weighted by Crippen LogP contribution is -2.40. The summed E-state index contributed by atoms with van der Waals surface area (Å²) in [4.78, 5) is 15.8. The summed E-state index contributed by atoms with van der Waals surface area (Å²) in [5.41, 5.74) is 3.11. The first kappa shape index (κ1) is 17.7. The fraction of sp³-hybridized carbons (Fsp3) is 0.500. The molecule has 5 rings (SSSR count). The summed E-state index contributed by atoms with van der Waals surface area (Å²) in [6.45, 7) is 6.71. The van der Waals surface area contributed by atoms with Gasteiger partial charge in [0.1, 0.15) is 5.69 Å². The average Bonchev–Trinajstić information content (AvgIpc) is 3.46. The molecular formula is C22H26FN3O2. The zero-order chi connectivity index (χ0) is 19.4. The van der Waals surface area contributed by atoms with Crippen molar-refractivity contribution < 1.29 is 13.9 Å². The fourth-order valence-electron chi connectivity index (χ4n) is 5.00. The van der Waals surface area contributed by atoms with Gasteiger partial charge in [-0.2, -0.15) is 0 Å². The van der Waals surface area contributed by atoms with Gasteiger partial charge in [0.15, 0.2) is 17.9 Å². The summed E-state index contributed by atoms with van der Waals surface area (Å²) in [5, 5.41) is 3.58. The van der Waals surface area contributed by atoms with Crippen LogP contribution < -0.4 is 19.9 Å². The van der Waals surface area contributed by atoms with Gasteiger partial charge in [-0.05, 0) is 49.8 Å². The van der Waals surface area contributed by atoms with Gasteiger partial charge in [-0.25, -0.2) is 4.39 Å². The van der Waals surface area contributed by atoms with Crippen molar-refractivity contribution in [1.29, 1.82) is 0 Å². The highest BCUT2D eigenvalue weighted by Crippen LogP contribution is 2.51. The van der Waals surface area contributed by atoms with E-state index < -0.39 is 0 Å². The van der Waals surface area contributed by atoms with Crippen molar-refractivity contribution in [2.75, 3.05) is 36.5 Å². The minimum atomic E-state index is -0.307. The topological polar surface area (TPSA) is 44.8 Å². The maximum Gasteiger partial charge on any atom is 0.169 e. The number of ether oxygens (including phenoxy) is 1. The van der Waals surface area contributed by atoms with Crippen LogP contribution in [0.3, 0.4) is 0 Å².